The van der Waals surface area contributed by atoms with E-state index in [4.69, 9.17) is 0 Å². The molecule has 3 amide bonds. The number of hydrogen-bond acceptors (Lipinski definition) is 4. The van der Waals surface area contributed by atoms with Gasteiger partial charge in [-0.25, -0.2) is 4.98 Å². The summed E-state index contributed by atoms with van der Waals surface area (Å²) in [5.41, 5.74) is 4.26. The van der Waals surface area contributed by atoms with Gasteiger partial charge in [0, 0.05) is 12.1 Å². The number of aromatic nitrogens is 2. The maximum Gasteiger partial charge on any atom is 0.254 e. The molecule has 5 rings (SSSR count). The fourth-order valence-electron chi connectivity index (χ4n) is 4.02. The third-order valence-electron chi connectivity index (χ3n) is 5.75. The number of fused-ring (bicyclic) bond motifs is 2. The normalized spacial score (nSPS) is 15.2. The van der Waals surface area contributed by atoms with Crippen LogP contribution in [-0.2, 0) is 22.4 Å². The first-order valence-electron chi connectivity index (χ1n) is 11.1. The zero-order chi connectivity index (χ0) is 23.5. The fourth-order valence-corrected chi connectivity index (χ4v) is 4.02. The number of para-hydroxylation sites is 1. The Morgan fingerprint density at radius 1 is 0.941 bits per heavy atom. The van der Waals surface area contributed by atoms with Gasteiger partial charge in [-0.3, -0.25) is 14.4 Å². The number of H-pyrrole nitrogens is 1. The molecule has 170 valence electrons. The molecule has 0 saturated heterocycles. The van der Waals surface area contributed by atoms with Gasteiger partial charge in [-0.2, -0.15) is 0 Å². The molecule has 0 radical (unpaired) electrons. The third-order valence-corrected chi connectivity index (χ3v) is 5.75. The lowest BCUT2D eigenvalue weighted by Crippen LogP contribution is -2.43. The molecule has 8 heteroatoms. The zero-order valence-corrected chi connectivity index (χ0v) is 18.3. The van der Waals surface area contributed by atoms with E-state index in [1.807, 2.05) is 30.3 Å². The summed E-state index contributed by atoms with van der Waals surface area (Å²) in [4.78, 5) is 45.6. The molecule has 0 bridgehead atoms. The summed E-state index contributed by atoms with van der Waals surface area (Å²) in [5.74, 6) is -0.330. The molecule has 0 spiro atoms. The van der Waals surface area contributed by atoms with Crippen LogP contribution >= 0.6 is 0 Å². The van der Waals surface area contributed by atoms with Crippen molar-refractivity contribution in [2.45, 2.75) is 25.3 Å². The van der Waals surface area contributed by atoms with Gasteiger partial charge in [-0.15, -0.1) is 0 Å². The second-order valence-electron chi connectivity index (χ2n) is 8.21. The number of anilines is 2. The molecule has 0 fully saturated rings. The highest BCUT2D eigenvalue weighted by Crippen LogP contribution is 2.21. The first-order chi connectivity index (χ1) is 16.5. The number of carbonyl (C=O) groups is 3. The summed E-state index contributed by atoms with van der Waals surface area (Å²) in [7, 11) is 0. The number of nitrogens with zero attached hydrogens (tertiary/aromatic N) is 1. The summed E-state index contributed by atoms with van der Waals surface area (Å²) in [5, 5.41) is 8.15. The molecule has 1 aliphatic rings. The summed E-state index contributed by atoms with van der Waals surface area (Å²) in [6.07, 6.45) is 1.47. The van der Waals surface area contributed by atoms with Crippen LogP contribution in [0.5, 0.6) is 0 Å². The standard InChI is InChI=1S/C26H23N5O3/c32-24(15-22-26(34)30-19-9-5-4-8-18(19)25(33)31-22)27-17-11-12-20-21(14-17)29-23(28-20)13-10-16-6-2-1-3-7-16/h1-9,11-12,14,22H,10,13,15H2,(H,27,32)(H,28,29)(H,30,34)(H,31,33). The van der Waals surface area contributed by atoms with Crippen LogP contribution in [0.3, 0.4) is 0 Å². The number of hydrogen-bond donors (Lipinski definition) is 4. The second-order valence-corrected chi connectivity index (χ2v) is 8.21. The number of benzene rings is 3. The number of nitrogens with one attached hydrogen (secondary N) is 4. The van der Waals surface area contributed by atoms with Gasteiger partial charge in [0.05, 0.1) is 28.7 Å². The van der Waals surface area contributed by atoms with Gasteiger partial charge >= 0.3 is 0 Å². The van der Waals surface area contributed by atoms with E-state index in [2.05, 4.69) is 38.1 Å². The summed E-state index contributed by atoms with van der Waals surface area (Å²) in [6.45, 7) is 0. The van der Waals surface area contributed by atoms with E-state index in [1.54, 1.807) is 30.3 Å². The van der Waals surface area contributed by atoms with Gasteiger partial charge in [0.1, 0.15) is 11.9 Å². The monoisotopic (exact) mass is 453 g/mol. The molecular formula is C26H23N5O3. The molecule has 8 nitrogen and oxygen atoms in total. The van der Waals surface area contributed by atoms with Crippen molar-refractivity contribution >= 4 is 40.1 Å². The molecule has 3 aromatic carbocycles. The Morgan fingerprint density at radius 2 is 1.74 bits per heavy atom. The molecule has 2 heterocycles. The molecule has 4 N–H and O–H groups in total. The van der Waals surface area contributed by atoms with Crippen molar-refractivity contribution in [2.75, 3.05) is 10.6 Å². The minimum absolute atomic E-state index is 0.186. The maximum absolute atomic E-state index is 12.7. The van der Waals surface area contributed by atoms with Crippen molar-refractivity contribution in [1.82, 2.24) is 15.3 Å². The smallest absolute Gasteiger partial charge is 0.254 e. The number of aromatic amines is 1. The molecule has 4 aromatic rings. The van der Waals surface area contributed by atoms with Crippen LogP contribution < -0.4 is 16.0 Å². The zero-order valence-electron chi connectivity index (χ0n) is 18.3. The number of imidazole rings is 1. The molecule has 1 atom stereocenters. The van der Waals surface area contributed by atoms with E-state index in [-0.39, 0.29) is 12.3 Å². The lowest BCUT2D eigenvalue weighted by atomic mass is 10.1. The van der Waals surface area contributed by atoms with E-state index in [0.717, 1.165) is 29.7 Å². The number of rotatable bonds is 6. The van der Waals surface area contributed by atoms with Crippen LogP contribution in [0.15, 0.2) is 72.8 Å². The highest BCUT2D eigenvalue weighted by atomic mass is 16.2. The molecule has 1 aromatic heterocycles. The molecule has 0 saturated carbocycles. The predicted octanol–water partition coefficient (Wildman–Crippen LogP) is 3.43. The topological polar surface area (TPSA) is 116 Å². The van der Waals surface area contributed by atoms with Crippen molar-refractivity contribution in [2.24, 2.45) is 0 Å². The van der Waals surface area contributed by atoms with Crippen LogP contribution in [0.2, 0.25) is 0 Å². The average molecular weight is 454 g/mol. The van der Waals surface area contributed by atoms with Crippen LogP contribution in [0, 0.1) is 0 Å². The predicted molar refractivity (Wildman–Crippen MR) is 130 cm³/mol. The minimum Gasteiger partial charge on any atom is -0.342 e. The van der Waals surface area contributed by atoms with Crippen molar-refractivity contribution in [3.05, 3.63) is 89.7 Å². The van der Waals surface area contributed by atoms with E-state index in [9.17, 15) is 14.4 Å². The Balaban J connectivity index is 1.23. The van der Waals surface area contributed by atoms with Crippen LogP contribution in [0.4, 0.5) is 11.4 Å². The summed E-state index contributed by atoms with van der Waals surface area (Å²) >= 11 is 0. The Labute approximate surface area is 195 Å². The molecule has 0 aliphatic carbocycles. The van der Waals surface area contributed by atoms with Gasteiger partial charge in [0.2, 0.25) is 11.8 Å². The fraction of sp³-hybridized carbons (Fsp3) is 0.154. The average Bonchev–Trinajstić information content (AvgIpc) is 3.20. The van der Waals surface area contributed by atoms with Crippen LogP contribution in [0.1, 0.15) is 28.2 Å². The van der Waals surface area contributed by atoms with E-state index >= 15 is 0 Å². The quantitative estimate of drug-likeness (QED) is 0.358. The first kappa shape index (κ1) is 21.4. The highest BCUT2D eigenvalue weighted by Gasteiger charge is 2.29. The molecule has 1 aliphatic heterocycles. The Bertz CT molecular complexity index is 1380. The maximum atomic E-state index is 12.7. The number of amides is 3. The van der Waals surface area contributed by atoms with Gasteiger partial charge < -0.3 is 20.9 Å². The van der Waals surface area contributed by atoms with Gasteiger partial charge in [0.15, 0.2) is 0 Å². The Hall–Kier alpha value is -4.46. The van der Waals surface area contributed by atoms with Crippen LogP contribution in [-0.4, -0.2) is 33.7 Å². The lowest BCUT2D eigenvalue weighted by Gasteiger charge is -2.14. The lowest BCUT2D eigenvalue weighted by molar-refractivity contribution is -0.122. The van der Waals surface area contributed by atoms with Crippen molar-refractivity contribution in [3.63, 3.8) is 0 Å². The van der Waals surface area contributed by atoms with Crippen molar-refractivity contribution in [1.29, 1.82) is 0 Å². The van der Waals surface area contributed by atoms with Crippen molar-refractivity contribution in [3.8, 4) is 0 Å². The number of carbonyl (C=O) groups excluding carboxylic acids is 3. The van der Waals surface area contributed by atoms with Crippen molar-refractivity contribution < 1.29 is 14.4 Å². The molecular weight excluding hydrogens is 430 g/mol. The molecule has 34 heavy (non-hydrogen) atoms. The third kappa shape index (κ3) is 4.66. The Morgan fingerprint density at radius 3 is 2.59 bits per heavy atom. The Kier molecular flexibility index (Phi) is 5.78. The second kappa shape index (κ2) is 9.19. The van der Waals surface area contributed by atoms with Crippen LogP contribution in [0.25, 0.3) is 11.0 Å². The number of aryl methyl sites for hydroxylation is 2. The SMILES string of the molecule is O=C(CC1NC(=O)c2ccccc2NC1=O)Nc1ccc2nc(CCc3ccccc3)[nH]c2c1. The first-order valence-corrected chi connectivity index (χ1v) is 11.1. The molecule has 1 unspecified atom stereocenters. The van der Waals surface area contributed by atoms with E-state index in [1.165, 1.54) is 5.56 Å². The van der Waals surface area contributed by atoms with E-state index < -0.39 is 17.9 Å². The van der Waals surface area contributed by atoms with Gasteiger partial charge in [-0.1, -0.05) is 42.5 Å². The van der Waals surface area contributed by atoms with Gasteiger partial charge in [0.25, 0.3) is 5.91 Å². The largest absolute Gasteiger partial charge is 0.342 e. The van der Waals surface area contributed by atoms with E-state index in [0.29, 0.717) is 16.9 Å². The highest BCUT2D eigenvalue weighted by molar-refractivity contribution is 6.11. The van der Waals surface area contributed by atoms with Gasteiger partial charge in [-0.05, 0) is 42.3 Å². The minimum atomic E-state index is -0.972. The summed E-state index contributed by atoms with van der Waals surface area (Å²) < 4.78 is 0. The summed E-state index contributed by atoms with van der Waals surface area (Å²) in [6, 6.07) is 21.4.